The highest BCUT2D eigenvalue weighted by Gasteiger charge is 2.27. The van der Waals surface area contributed by atoms with E-state index in [2.05, 4.69) is 26.9 Å². The molecule has 0 radical (unpaired) electrons. The highest BCUT2D eigenvalue weighted by Crippen LogP contribution is 2.34. The van der Waals surface area contributed by atoms with Gasteiger partial charge < -0.3 is 14.6 Å². The van der Waals surface area contributed by atoms with Crippen molar-refractivity contribution in [3.05, 3.63) is 51.8 Å². The number of nitrogens with one attached hydrogen (secondary N) is 1. The molecule has 0 spiro atoms. The summed E-state index contributed by atoms with van der Waals surface area (Å²) in [7, 11) is 0. The van der Waals surface area contributed by atoms with Gasteiger partial charge in [-0.15, -0.1) is 4.91 Å². The van der Waals surface area contributed by atoms with Gasteiger partial charge in [0.05, 0.1) is 18.8 Å². The van der Waals surface area contributed by atoms with Crippen molar-refractivity contribution in [2.24, 2.45) is 5.18 Å². The van der Waals surface area contributed by atoms with Gasteiger partial charge in [0.1, 0.15) is 5.65 Å². The lowest BCUT2D eigenvalue weighted by Crippen LogP contribution is -2.39. The molecule has 2 aliphatic heterocycles. The van der Waals surface area contributed by atoms with Gasteiger partial charge in [0.15, 0.2) is 0 Å². The Labute approximate surface area is 175 Å². The molecule has 4 heterocycles. The zero-order valence-corrected chi connectivity index (χ0v) is 17.6. The molecule has 1 saturated heterocycles. The molecule has 1 unspecified atom stereocenters. The minimum atomic E-state index is -0.743. The van der Waals surface area contributed by atoms with Crippen molar-refractivity contribution in [2.45, 2.75) is 26.8 Å². The van der Waals surface area contributed by atoms with E-state index in [1.165, 1.54) is 0 Å². The Kier molecular flexibility index (Phi) is 5.78. The number of amides is 1. The minimum absolute atomic E-state index is 0.0787. The number of allylic oxidation sites excluding steroid dienone is 2. The molecule has 2 aromatic heterocycles. The molecule has 0 aliphatic carbocycles. The van der Waals surface area contributed by atoms with Crippen LogP contribution in [0.15, 0.2) is 29.7 Å². The van der Waals surface area contributed by atoms with Crippen LogP contribution in [0.1, 0.15) is 40.1 Å². The third-order valence-corrected chi connectivity index (χ3v) is 6.03. The van der Waals surface area contributed by atoms with E-state index in [0.717, 1.165) is 66.3 Å². The van der Waals surface area contributed by atoms with Crippen LogP contribution in [-0.2, 0) is 4.74 Å². The second-order valence-electron chi connectivity index (χ2n) is 7.92. The summed E-state index contributed by atoms with van der Waals surface area (Å²) < 4.78 is 7.53. The molecular weight excluding hydrogens is 382 g/mol. The van der Waals surface area contributed by atoms with E-state index in [1.807, 2.05) is 38.4 Å². The Morgan fingerprint density at radius 3 is 2.77 bits per heavy atom. The lowest BCUT2D eigenvalue weighted by Gasteiger charge is -2.30. The van der Waals surface area contributed by atoms with Gasteiger partial charge in [-0.3, -0.25) is 9.69 Å². The van der Waals surface area contributed by atoms with Gasteiger partial charge in [-0.25, -0.2) is 4.98 Å². The lowest BCUT2D eigenvalue weighted by molar-refractivity contribution is 0.0327. The van der Waals surface area contributed by atoms with Crippen LogP contribution in [-0.4, -0.2) is 59.8 Å². The van der Waals surface area contributed by atoms with Crippen molar-refractivity contribution >= 4 is 22.5 Å². The summed E-state index contributed by atoms with van der Waals surface area (Å²) in [5.41, 5.74) is 4.82. The summed E-state index contributed by atoms with van der Waals surface area (Å²) in [6.45, 7) is 10.7. The predicted octanol–water partition coefficient (Wildman–Crippen LogP) is 2.95. The lowest BCUT2D eigenvalue weighted by atomic mass is 9.97. The maximum atomic E-state index is 12.5. The van der Waals surface area contributed by atoms with Crippen molar-refractivity contribution in [3.63, 3.8) is 0 Å². The van der Waals surface area contributed by atoms with E-state index in [4.69, 9.17) is 9.72 Å². The van der Waals surface area contributed by atoms with E-state index in [-0.39, 0.29) is 6.04 Å². The summed E-state index contributed by atoms with van der Waals surface area (Å²) in [6.07, 6.45) is 7.74. The average molecular weight is 409 g/mol. The van der Waals surface area contributed by atoms with Crippen LogP contribution < -0.4 is 5.32 Å². The second-order valence-corrected chi connectivity index (χ2v) is 7.92. The quantitative estimate of drug-likeness (QED) is 0.764. The maximum absolute atomic E-state index is 12.5. The maximum Gasteiger partial charge on any atom is 0.319 e. The summed E-state index contributed by atoms with van der Waals surface area (Å²) in [6, 6.07) is 0.0787. The first-order valence-corrected chi connectivity index (χ1v) is 10.3. The minimum Gasteiger partial charge on any atom is -0.387 e. The van der Waals surface area contributed by atoms with Crippen LogP contribution in [0.2, 0.25) is 0 Å². The van der Waals surface area contributed by atoms with Crippen molar-refractivity contribution in [2.75, 3.05) is 39.4 Å². The topological polar surface area (TPSA) is 88.8 Å². The summed E-state index contributed by atoms with van der Waals surface area (Å²) in [5.74, 6) is -0.743. The molecular formula is C22H27N5O3. The zero-order valence-electron chi connectivity index (χ0n) is 17.6. The summed E-state index contributed by atoms with van der Waals surface area (Å²) in [5, 5.41) is 6.67. The first-order valence-electron chi connectivity index (χ1n) is 10.3. The van der Waals surface area contributed by atoms with Gasteiger partial charge in [-0.05, 0) is 44.2 Å². The van der Waals surface area contributed by atoms with Gasteiger partial charge in [0, 0.05) is 60.2 Å². The number of pyridine rings is 1. The predicted molar refractivity (Wildman–Crippen MR) is 116 cm³/mol. The zero-order chi connectivity index (χ0) is 21.3. The molecule has 30 heavy (non-hydrogen) atoms. The number of rotatable bonds is 5. The Balaban J connectivity index is 1.84. The fourth-order valence-electron chi connectivity index (χ4n) is 4.59. The van der Waals surface area contributed by atoms with Crippen LogP contribution in [0, 0.1) is 18.8 Å². The highest BCUT2D eigenvalue weighted by atomic mass is 16.5. The number of aryl methyl sites for hydroxylation is 1. The van der Waals surface area contributed by atoms with E-state index in [1.54, 1.807) is 0 Å². The van der Waals surface area contributed by atoms with E-state index in [9.17, 15) is 9.70 Å². The number of hydrogen-bond donors (Lipinski definition) is 1. The first kappa shape index (κ1) is 20.4. The number of nitrogens with zero attached hydrogens (tertiary/aromatic N) is 4. The Morgan fingerprint density at radius 1 is 1.33 bits per heavy atom. The largest absolute Gasteiger partial charge is 0.387 e. The molecule has 0 aromatic carbocycles. The number of carbonyl (C=O) groups excluding carboxylic acids is 1. The Morgan fingerprint density at radius 2 is 2.10 bits per heavy atom. The van der Waals surface area contributed by atoms with E-state index in [0.29, 0.717) is 12.1 Å². The molecule has 2 aliphatic rings. The van der Waals surface area contributed by atoms with Gasteiger partial charge in [-0.1, -0.05) is 6.08 Å². The normalized spacial score (nSPS) is 18.2. The van der Waals surface area contributed by atoms with Crippen molar-refractivity contribution < 1.29 is 9.53 Å². The second kappa shape index (κ2) is 8.49. The molecule has 0 bridgehead atoms. The van der Waals surface area contributed by atoms with E-state index >= 15 is 0 Å². The SMILES string of the molecule is Cc1c(C2=CC=CNC2)cnc2c1c(C(=O)N=O)c(C)n2C(C)CN1CCOCC1. The smallest absolute Gasteiger partial charge is 0.319 e. The van der Waals surface area contributed by atoms with Gasteiger partial charge in [0.25, 0.3) is 0 Å². The number of ether oxygens (including phenoxy) is 1. The monoisotopic (exact) mass is 409 g/mol. The Hall–Kier alpha value is -2.84. The van der Waals surface area contributed by atoms with E-state index < -0.39 is 5.91 Å². The molecule has 1 N–H and O–H groups in total. The molecule has 8 nitrogen and oxygen atoms in total. The van der Waals surface area contributed by atoms with Crippen molar-refractivity contribution in [3.8, 4) is 0 Å². The molecule has 1 atom stereocenters. The van der Waals surface area contributed by atoms with Crippen LogP contribution in [0.5, 0.6) is 0 Å². The number of dihydropyridines is 1. The molecule has 0 saturated carbocycles. The number of carbonyl (C=O) groups is 1. The molecule has 158 valence electrons. The number of fused-ring (bicyclic) bond motifs is 1. The number of nitroso groups, excluding NO2 is 1. The Bertz CT molecular complexity index is 1050. The number of aromatic nitrogens is 2. The van der Waals surface area contributed by atoms with Crippen LogP contribution >= 0.6 is 0 Å². The van der Waals surface area contributed by atoms with Crippen molar-refractivity contribution in [1.29, 1.82) is 0 Å². The molecule has 1 fully saturated rings. The summed E-state index contributed by atoms with van der Waals surface area (Å²) in [4.78, 5) is 30.9. The van der Waals surface area contributed by atoms with Crippen LogP contribution in [0.3, 0.4) is 0 Å². The third-order valence-electron chi connectivity index (χ3n) is 6.03. The molecule has 1 amide bonds. The fraction of sp³-hybridized carbons (Fsp3) is 0.455. The fourth-order valence-corrected chi connectivity index (χ4v) is 4.59. The third kappa shape index (κ3) is 3.57. The number of hydrogen-bond acceptors (Lipinski definition) is 6. The van der Waals surface area contributed by atoms with Gasteiger partial charge >= 0.3 is 5.91 Å². The van der Waals surface area contributed by atoms with Crippen LogP contribution in [0.4, 0.5) is 0 Å². The highest BCUT2D eigenvalue weighted by molar-refractivity contribution is 6.10. The molecule has 4 rings (SSSR count). The van der Waals surface area contributed by atoms with Crippen molar-refractivity contribution in [1.82, 2.24) is 19.8 Å². The molecule has 2 aromatic rings. The van der Waals surface area contributed by atoms with Gasteiger partial charge in [0.2, 0.25) is 0 Å². The standard InChI is InChI=1S/C22H27N5O3/c1-14(13-26-7-9-30-10-8-26)27-16(3)20(22(28)25-29)19-15(2)18(12-24-21(19)27)17-5-4-6-23-11-17/h4-6,12,14,23H,7-11,13H2,1-3H3. The van der Waals surface area contributed by atoms with Gasteiger partial charge in [-0.2, -0.15) is 0 Å². The first-order chi connectivity index (χ1) is 14.5. The average Bonchev–Trinajstić information content (AvgIpc) is 3.07. The summed E-state index contributed by atoms with van der Waals surface area (Å²) >= 11 is 0. The number of morpholine rings is 1. The van der Waals surface area contributed by atoms with Crippen LogP contribution in [0.25, 0.3) is 16.6 Å². The molecule has 8 heteroatoms.